The van der Waals surface area contributed by atoms with Gasteiger partial charge in [-0.3, -0.25) is 0 Å². The van der Waals surface area contributed by atoms with Crippen molar-refractivity contribution in [2.75, 3.05) is 33.0 Å². The number of hydrogen-bond donors (Lipinski definition) is 1. The number of imidazole rings is 1. The molecule has 5 nitrogen and oxygen atoms in total. The average Bonchev–Trinajstić information content (AvgIpc) is 2.94. The highest BCUT2D eigenvalue weighted by molar-refractivity contribution is 5.48. The van der Waals surface area contributed by atoms with Crippen LogP contribution in [0.3, 0.4) is 0 Å². The Morgan fingerprint density at radius 1 is 1.00 bits per heavy atom. The zero-order valence-electron chi connectivity index (χ0n) is 14.3. The van der Waals surface area contributed by atoms with E-state index < -0.39 is 0 Å². The van der Waals surface area contributed by atoms with Gasteiger partial charge in [-0.25, -0.2) is 9.13 Å². The third-order valence-electron chi connectivity index (χ3n) is 3.69. The van der Waals surface area contributed by atoms with E-state index in [0.717, 1.165) is 6.54 Å². The Morgan fingerprint density at radius 3 is 2.30 bits per heavy atom. The summed E-state index contributed by atoms with van der Waals surface area (Å²) in [4.78, 5) is 0. The summed E-state index contributed by atoms with van der Waals surface area (Å²) in [5.41, 5.74) is 5.10. The van der Waals surface area contributed by atoms with Crippen LogP contribution in [0, 0.1) is 20.8 Å². The summed E-state index contributed by atoms with van der Waals surface area (Å²) in [7, 11) is 0. The zero-order valence-corrected chi connectivity index (χ0v) is 14.3. The van der Waals surface area contributed by atoms with Gasteiger partial charge in [0.05, 0.1) is 33.0 Å². The van der Waals surface area contributed by atoms with Crippen LogP contribution in [0.1, 0.15) is 16.7 Å². The van der Waals surface area contributed by atoms with Crippen LogP contribution >= 0.6 is 0 Å². The highest BCUT2D eigenvalue weighted by Crippen LogP contribution is 2.20. The van der Waals surface area contributed by atoms with Gasteiger partial charge in [-0.05, 0) is 31.9 Å². The molecule has 0 aliphatic rings. The van der Waals surface area contributed by atoms with Crippen molar-refractivity contribution in [3.63, 3.8) is 0 Å². The molecule has 2 aromatic rings. The van der Waals surface area contributed by atoms with Crippen molar-refractivity contribution >= 4 is 0 Å². The molecule has 5 heteroatoms. The number of hydrogen-bond acceptors (Lipinski definition) is 3. The maximum atomic E-state index is 8.60. The van der Waals surface area contributed by atoms with Gasteiger partial charge in [-0.15, -0.1) is 0 Å². The summed E-state index contributed by atoms with van der Waals surface area (Å²) in [6.07, 6.45) is 6.23. The highest BCUT2D eigenvalue weighted by Gasteiger charge is 2.12. The van der Waals surface area contributed by atoms with E-state index in [1.54, 1.807) is 0 Å². The normalized spacial score (nSPS) is 11.1. The molecule has 0 unspecified atom stereocenters. The van der Waals surface area contributed by atoms with Crippen LogP contribution < -0.4 is 4.57 Å². The van der Waals surface area contributed by atoms with Crippen molar-refractivity contribution in [1.29, 1.82) is 0 Å². The molecule has 1 aromatic carbocycles. The van der Waals surface area contributed by atoms with Crippen molar-refractivity contribution in [2.24, 2.45) is 0 Å². The van der Waals surface area contributed by atoms with E-state index in [4.69, 9.17) is 14.6 Å². The summed E-state index contributed by atoms with van der Waals surface area (Å²) in [6.45, 7) is 9.37. The molecule has 0 aliphatic heterocycles. The first-order chi connectivity index (χ1) is 11.1. The minimum absolute atomic E-state index is 0.0568. The minimum Gasteiger partial charge on any atom is -0.394 e. The Labute approximate surface area is 138 Å². The first-order valence-electron chi connectivity index (χ1n) is 8.03. The molecule has 0 fully saturated rings. The van der Waals surface area contributed by atoms with E-state index in [0.29, 0.717) is 26.4 Å². The van der Waals surface area contributed by atoms with Gasteiger partial charge < -0.3 is 14.6 Å². The zero-order chi connectivity index (χ0) is 16.7. The van der Waals surface area contributed by atoms with Gasteiger partial charge in [0.1, 0.15) is 24.6 Å². The molecular formula is C18H27N2O3+. The number of aryl methyl sites for hydroxylation is 3. The second kappa shape index (κ2) is 8.82. The van der Waals surface area contributed by atoms with Crippen LogP contribution in [0.25, 0.3) is 5.69 Å². The Balaban J connectivity index is 1.87. The van der Waals surface area contributed by atoms with Crippen LogP contribution in [0.5, 0.6) is 0 Å². The van der Waals surface area contributed by atoms with E-state index in [1.165, 1.54) is 22.4 Å². The fourth-order valence-electron chi connectivity index (χ4n) is 2.79. The molecule has 0 saturated heterocycles. The SMILES string of the molecule is Cc1cc(C)c(-n2cc[n+](CCOCCOCCO)c2)c(C)c1. The highest BCUT2D eigenvalue weighted by atomic mass is 16.5. The standard InChI is InChI=1S/C18H27N2O3/c1-15-12-16(2)18(17(3)13-15)20-5-4-19(14-20)6-8-22-10-11-23-9-7-21/h4-5,12-14,21H,6-11H2,1-3H3/q+1. The predicted octanol–water partition coefficient (Wildman–Crippen LogP) is 1.72. The molecule has 0 bridgehead atoms. The van der Waals surface area contributed by atoms with Gasteiger partial charge in [0.2, 0.25) is 6.33 Å². The van der Waals surface area contributed by atoms with Gasteiger partial charge in [-0.1, -0.05) is 17.7 Å². The predicted molar refractivity (Wildman–Crippen MR) is 88.9 cm³/mol. The second-order valence-electron chi connectivity index (χ2n) is 5.75. The Hall–Kier alpha value is -1.69. The summed E-state index contributed by atoms with van der Waals surface area (Å²) in [5.74, 6) is 0. The fraction of sp³-hybridized carbons (Fsp3) is 0.500. The number of aliphatic hydroxyl groups excluding tert-OH is 1. The van der Waals surface area contributed by atoms with Crippen LogP contribution in [0.2, 0.25) is 0 Å². The Kier molecular flexibility index (Phi) is 6.77. The monoisotopic (exact) mass is 319 g/mol. The molecule has 1 heterocycles. The lowest BCUT2D eigenvalue weighted by molar-refractivity contribution is -0.697. The van der Waals surface area contributed by atoms with Crippen molar-refractivity contribution in [3.8, 4) is 5.69 Å². The molecule has 23 heavy (non-hydrogen) atoms. The Bertz CT molecular complexity index is 599. The molecule has 0 aliphatic carbocycles. The van der Waals surface area contributed by atoms with E-state index in [-0.39, 0.29) is 6.61 Å². The van der Waals surface area contributed by atoms with Gasteiger partial charge in [-0.2, -0.15) is 0 Å². The largest absolute Gasteiger partial charge is 0.394 e. The van der Waals surface area contributed by atoms with Crippen molar-refractivity contribution in [2.45, 2.75) is 27.3 Å². The first kappa shape index (κ1) is 17.7. The lowest BCUT2D eigenvalue weighted by atomic mass is 10.1. The number of nitrogens with zero attached hydrogens (tertiary/aromatic N) is 2. The van der Waals surface area contributed by atoms with E-state index >= 15 is 0 Å². The number of benzene rings is 1. The molecular weight excluding hydrogens is 292 g/mol. The molecule has 126 valence electrons. The average molecular weight is 319 g/mol. The molecule has 1 aromatic heterocycles. The van der Waals surface area contributed by atoms with Gasteiger partial charge >= 0.3 is 0 Å². The third kappa shape index (κ3) is 5.16. The molecule has 0 amide bonds. The quantitative estimate of drug-likeness (QED) is 0.565. The van der Waals surface area contributed by atoms with Crippen molar-refractivity contribution in [3.05, 3.63) is 47.5 Å². The molecule has 0 atom stereocenters. The summed E-state index contributed by atoms with van der Waals surface area (Å²) in [5, 5.41) is 8.60. The smallest absolute Gasteiger partial charge is 0.249 e. The molecule has 0 radical (unpaired) electrons. The van der Waals surface area contributed by atoms with Crippen LogP contribution in [0.4, 0.5) is 0 Å². The van der Waals surface area contributed by atoms with Crippen molar-refractivity contribution < 1.29 is 19.1 Å². The molecule has 2 rings (SSSR count). The maximum absolute atomic E-state index is 8.60. The Morgan fingerprint density at radius 2 is 1.65 bits per heavy atom. The van der Waals surface area contributed by atoms with Crippen molar-refractivity contribution in [1.82, 2.24) is 4.57 Å². The van der Waals surface area contributed by atoms with E-state index in [1.807, 2.05) is 0 Å². The van der Waals surface area contributed by atoms with Gasteiger partial charge in [0.15, 0.2) is 0 Å². The topological polar surface area (TPSA) is 47.5 Å². The number of ether oxygens (including phenoxy) is 2. The maximum Gasteiger partial charge on any atom is 0.249 e. The van der Waals surface area contributed by atoms with Gasteiger partial charge in [0, 0.05) is 0 Å². The van der Waals surface area contributed by atoms with E-state index in [2.05, 4.69) is 60.8 Å². The lowest BCUT2D eigenvalue weighted by Crippen LogP contribution is -2.33. The van der Waals surface area contributed by atoms with E-state index in [9.17, 15) is 0 Å². The molecule has 1 N–H and O–H groups in total. The van der Waals surface area contributed by atoms with Gasteiger partial charge in [0.25, 0.3) is 0 Å². The second-order valence-corrected chi connectivity index (χ2v) is 5.75. The van der Waals surface area contributed by atoms with Crippen LogP contribution in [-0.2, 0) is 16.0 Å². The molecule has 0 saturated carbocycles. The minimum atomic E-state index is 0.0568. The summed E-state index contributed by atoms with van der Waals surface area (Å²) >= 11 is 0. The van der Waals surface area contributed by atoms with Crippen LogP contribution in [0.15, 0.2) is 30.9 Å². The number of aliphatic hydroxyl groups is 1. The molecule has 0 spiro atoms. The number of rotatable bonds is 9. The van der Waals surface area contributed by atoms with Crippen LogP contribution in [-0.4, -0.2) is 42.7 Å². The third-order valence-corrected chi connectivity index (χ3v) is 3.69. The first-order valence-corrected chi connectivity index (χ1v) is 8.03. The lowest BCUT2D eigenvalue weighted by Gasteiger charge is -2.07. The fourth-order valence-corrected chi connectivity index (χ4v) is 2.79. The summed E-state index contributed by atoms with van der Waals surface area (Å²) < 4.78 is 15.0. The number of aromatic nitrogens is 2. The summed E-state index contributed by atoms with van der Waals surface area (Å²) in [6, 6.07) is 4.42.